The second-order valence-corrected chi connectivity index (χ2v) is 6.41. The number of aliphatic imine (C=N–C) groups is 1. The summed E-state index contributed by atoms with van der Waals surface area (Å²) in [6.45, 7) is 8.18. The van der Waals surface area contributed by atoms with Gasteiger partial charge in [0.25, 0.3) is 0 Å². The van der Waals surface area contributed by atoms with Crippen molar-refractivity contribution in [3.63, 3.8) is 0 Å². The predicted octanol–water partition coefficient (Wildman–Crippen LogP) is 2.19. The number of rotatable bonds is 8. The van der Waals surface area contributed by atoms with Crippen LogP contribution in [0.5, 0.6) is 0 Å². The first-order valence-electron chi connectivity index (χ1n) is 9.43. The van der Waals surface area contributed by atoms with E-state index in [1.807, 2.05) is 36.1 Å². The maximum Gasteiger partial charge on any atom is 0.330 e. The minimum absolute atomic E-state index is 0.00373. The number of nitrogens with two attached hydrogens (primary N) is 2. The lowest BCUT2D eigenvalue weighted by Gasteiger charge is -2.21. The number of allylic oxidation sites excluding steroid dienone is 1. The molecule has 1 aliphatic heterocycles. The van der Waals surface area contributed by atoms with Crippen molar-refractivity contribution in [3.8, 4) is 0 Å². The molecule has 0 amide bonds. The predicted molar refractivity (Wildman–Crippen MR) is 115 cm³/mol. The molecule has 0 atom stereocenters. The van der Waals surface area contributed by atoms with Gasteiger partial charge in [-0.2, -0.15) is 0 Å². The van der Waals surface area contributed by atoms with Gasteiger partial charge in [0.05, 0.1) is 17.9 Å². The Hall–Kier alpha value is -3.32. The van der Waals surface area contributed by atoms with Crippen LogP contribution in [0, 0.1) is 6.92 Å². The van der Waals surface area contributed by atoms with Crippen LogP contribution in [0.25, 0.3) is 5.57 Å². The zero-order valence-electron chi connectivity index (χ0n) is 16.9. The first kappa shape index (κ1) is 22.0. The van der Waals surface area contributed by atoms with Gasteiger partial charge in [0.1, 0.15) is 11.7 Å². The molecule has 29 heavy (non-hydrogen) atoms. The number of aliphatic hydroxyl groups excluding tert-OH is 1. The average Bonchev–Trinajstić information content (AvgIpc) is 2.99. The number of aryl methyl sites for hydroxylation is 1. The molecule has 5 N–H and O–H groups in total. The number of esters is 1. The Kier molecular flexibility index (Phi) is 7.79. The quantitative estimate of drug-likeness (QED) is 0.458. The molecule has 0 spiro atoms. The molecule has 1 heterocycles. The van der Waals surface area contributed by atoms with Crippen molar-refractivity contribution in [2.75, 3.05) is 19.8 Å². The highest BCUT2D eigenvalue weighted by atomic mass is 16.5. The first-order valence-corrected chi connectivity index (χ1v) is 9.43. The Balaban J connectivity index is 2.74. The summed E-state index contributed by atoms with van der Waals surface area (Å²) in [4.78, 5) is 18.2. The Labute approximate surface area is 171 Å². The molecule has 0 radical (unpaired) electrons. The molecule has 7 heteroatoms. The van der Waals surface area contributed by atoms with Crippen molar-refractivity contribution >= 4 is 17.4 Å². The lowest BCUT2D eigenvalue weighted by Crippen LogP contribution is -2.29. The van der Waals surface area contributed by atoms with Crippen LogP contribution >= 0.6 is 0 Å². The van der Waals surface area contributed by atoms with E-state index in [4.69, 9.17) is 16.2 Å². The number of amidine groups is 1. The molecule has 0 aliphatic carbocycles. The fraction of sp³-hybridized carbons (Fsp3) is 0.273. The number of hydrogen-bond acceptors (Lipinski definition) is 6. The molecule has 154 valence electrons. The van der Waals surface area contributed by atoms with Crippen molar-refractivity contribution in [1.82, 2.24) is 4.90 Å². The van der Waals surface area contributed by atoms with Crippen molar-refractivity contribution in [1.29, 1.82) is 0 Å². The van der Waals surface area contributed by atoms with E-state index in [0.29, 0.717) is 30.1 Å². The Morgan fingerprint density at radius 3 is 2.55 bits per heavy atom. The van der Waals surface area contributed by atoms with Gasteiger partial charge in [-0.05, 0) is 31.9 Å². The monoisotopic (exact) mass is 396 g/mol. The van der Waals surface area contributed by atoms with Crippen LogP contribution in [0.4, 0.5) is 0 Å². The molecule has 0 fully saturated rings. The minimum Gasteiger partial charge on any atom is -0.463 e. The summed E-state index contributed by atoms with van der Waals surface area (Å²) in [7, 11) is 0. The third-order valence-corrected chi connectivity index (χ3v) is 4.32. The molecular formula is C22H28N4O3. The highest BCUT2D eigenvalue weighted by Gasteiger charge is 2.34. The molecule has 0 saturated carbocycles. The fourth-order valence-corrected chi connectivity index (χ4v) is 3.10. The van der Waals surface area contributed by atoms with E-state index < -0.39 is 5.97 Å². The van der Waals surface area contributed by atoms with E-state index in [1.54, 1.807) is 13.0 Å². The van der Waals surface area contributed by atoms with Crippen LogP contribution < -0.4 is 11.5 Å². The average molecular weight is 396 g/mol. The molecular weight excluding hydrogens is 368 g/mol. The molecule has 0 aromatic heterocycles. The van der Waals surface area contributed by atoms with Gasteiger partial charge in [-0.25, -0.2) is 9.79 Å². The summed E-state index contributed by atoms with van der Waals surface area (Å²) >= 11 is 0. The summed E-state index contributed by atoms with van der Waals surface area (Å²) < 4.78 is 5.01. The molecule has 0 bridgehead atoms. The maximum atomic E-state index is 11.9. The van der Waals surface area contributed by atoms with Gasteiger partial charge in [-0.15, -0.1) is 0 Å². The van der Waals surface area contributed by atoms with Gasteiger partial charge in [0.2, 0.25) is 0 Å². The van der Waals surface area contributed by atoms with Gasteiger partial charge in [-0.3, -0.25) is 0 Å². The van der Waals surface area contributed by atoms with Crippen LogP contribution in [-0.4, -0.2) is 41.6 Å². The lowest BCUT2D eigenvalue weighted by atomic mass is 9.97. The maximum absolute atomic E-state index is 11.9. The van der Waals surface area contributed by atoms with Crippen molar-refractivity contribution < 1.29 is 14.6 Å². The number of carbonyl (C=O) groups excluding carboxylic acids is 1. The topological polar surface area (TPSA) is 114 Å². The van der Waals surface area contributed by atoms with E-state index >= 15 is 0 Å². The summed E-state index contributed by atoms with van der Waals surface area (Å²) in [5.74, 6) is 0.174. The second-order valence-electron chi connectivity index (χ2n) is 6.41. The number of aliphatic hydroxyl groups is 1. The normalized spacial score (nSPS) is 15.5. The zero-order chi connectivity index (χ0) is 21.4. The molecule has 0 unspecified atom stereocenters. The van der Waals surface area contributed by atoms with Crippen LogP contribution in [0.3, 0.4) is 0 Å². The molecule has 2 rings (SSSR count). The Morgan fingerprint density at radius 1 is 1.31 bits per heavy atom. The highest BCUT2D eigenvalue weighted by molar-refractivity contribution is 6.19. The summed E-state index contributed by atoms with van der Waals surface area (Å²) in [6.07, 6.45) is 4.93. The molecule has 0 saturated heterocycles. The minimum atomic E-state index is -0.453. The highest BCUT2D eigenvalue weighted by Crippen LogP contribution is 2.38. The van der Waals surface area contributed by atoms with Gasteiger partial charge < -0.3 is 26.2 Å². The number of hydrogen-bond donors (Lipinski definition) is 3. The lowest BCUT2D eigenvalue weighted by molar-refractivity contribution is -0.137. The molecule has 1 aromatic rings. The van der Waals surface area contributed by atoms with E-state index in [-0.39, 0.29) is 19.0 Å². The largest absolute Gasteiger partial charge is 0.463 e. The number of carbonyl (C=O) groups is 1. The third-order valence-electron chi connectivity index (χ3n) is 4.32. The van der Waals surface area contributed by atoms with Crippen molar-refractivity contribution in [2.45, 2.75) is 20.3 Å². The van der Waals surface area contributed by atoms with Crippen LogP contribution in [-0.2, 0) is 9.53 Å². The molecule has 1 aromatic carbocycles. The van der Waals surface area contributed by atoms with Crippen LogP contribution in [0.15, 0.2) is 71.3 Å². The van der Waals surface area contributed by atoms with E-state index in [2.05, 4.69) is 11.6 Å². The summed E-state index contributed by atoms with van der Waals surface area (Å²) in [6, 6.07) is 7.90. The number of benzene rings is 1. The fourth-order valence-electron chi connectivity index (χ4n) is 3.10. The van der Waals surface area contributed by atoms with Crippen LogP contribution in [0.2, 0.25) is 0 Å². The Bertz CT molecular complexity index is 876. The van der Waals surface area contributed by atoms with Gasteiger partial charge in [-0.1, -0.05) is 36.4 Å². The van der Waals surface area contributed by atoms with E-state index in [1.165, 1.54) is 12.3 Å². The van der Waals surface area contributed by atoms with Crippen molar-refractivity contribution in [3.05, 3.63) is 77.4 Å². The van der Waals surface area contributed by atoms with Gasteiger partial charge in [0.15, 0.2) is 0 Å². The molecule has 1 aliphatic rings. The van der Waals surface area contributed by atoms with E-state index in [0.717, 1.165) is 16.7 Å². The molecule has 7 nitrogen and oxygen atoms in total. The Morgan fingerprint density at radius 2 is 2.00 bits per heavy atom. The number of nitrogens with zero attached hydrogens (tertiary/aromatic N) is 2. The SMILES string of the molecule is C=C/N=C1\C(=C(N)N)C(c2ccc(C)cc2)=C(/C=C/C(=O)OCC)N1CCCO. The second kappa shape index (κ2) is 10.3. The first-order chi connectivity index (χ1) is 13.9. The third kappa shape index (κ3) is 5.14. The smallest absolute Gasteiger partial charge is 0.330 e. The summed E-state index contributed by atoms with van der Waals surface area (Å²) in [5.41, 5.74) is 16.1. The van der Waals surface area contributed by atoms with E-state index in [9.17, 15) is 9.90 Å². The van der Waals surface area contributed by atoms with Gasteiger partial charge >= 0.3 is 5.97 Å². The zero-order valence-corrected chi connectivity index (χ0v) is 16.9. The standard InChI is InChI=1S/C22H28N4O3/c1-4-25-22-20(21(23)24)19(16-9-7-15(3)8-10-16)17(26(22)13-6-14-27)11-12-18(28)29-5-2/h4,7-12,27H,1,5-6,13-14,23-24H2,2-3H3/b12-11+,25-22+. The van der Waals surface area contributed by atoms with Gasteiger partial charge in [0, 0.05) is 31.0 Å². The summed E-state index contributed by atoms with van der Waals surface area (Å²) in [5, 5.41) is 9.35. The van der Waals surface area contributed by atoms with Crippen molar-refractivity contribution in [2.24, 2.45) is 16.5 Å². The van der Waals surface area contributed by atoms with Crippen LogP contribution in [0.1, 0.15) is 24.5 Å². The number of ether oxygens (including phenoxy) is 1.